The first kappa shape index (κ1) is 75.6. The van der Waals surface area contributed by atoms with E-state index in [9.17, 15) is 0 Å². The molecule has 7 aliphatic rings. The molecule has 0 unspecified atom stereocenters. The van der Waals surface area contributed by atoms with E-state index in [1.807, 2.05) is 121 Å². The van der Waals surface area contributed by atoms with E-state index in [0.29, 0.717) is 16.7 Å². The van der Waals surface area contributed by atoms with Crippen molar-refractivity contribution < 1.29 is 45.5 Å². The van der Waals surface area contributed by atoms with Crippen LogP contribution in [0.3, 0.4) is 0 Å². The number of fused-ring (bicyclic) bond motifs is 17. The molecule has 0 fully saturated rings. The molecule has 25 rings (SSSR count). The Balaban J connectivity index is 0.000000103. The second-order valence-electron chi connectivity index (χ2n) is 41.0. The summed E-state index contributed by atoms with van der Waals surface area (Å²) in [6.45, 7) is 32.8. The van der Waals surface area contributed by atoms with Gasteiger partial charge in [0.25, 0.3) is 20.1 Å². The molecular weight excluding hydrogens is 1650 g/mol. The number of aryl methyl sites for hydroxylation is 3. The summed E-state index contributed by atoms with van der Waals surface area (Å²) in [5.41, 5.74) is 17.8. The fourth-order valence-electron chi connectivity index (χ4n) is 19.4. The average Bonchev–Trinajstić information content (AvgIpc) is 1.51. The number of para-hydroxylation sites is 4. The standard InChI is InChI=1S/C22H17BO3.2C22H19BO2.3C17H18S/c1-22(2,3)12-10-17-21-18(11-12)26-16-9-5-7-14-20(16)23(21)19-13(24-14)6-4-8-15(19)25-17;1-22(2,3)14-12-19-21-20(13-14)25-18-11-7-5-9-16(18)23(21)15-8-4-6-10-17(15)24-19;1-22(2,3)14-12-13-19-20-21(14)25-18-11-7-5-9-16(18)23(20)15-8-4-6-10-17(15)24-19;1-11-9-16-13(10-14(11)17(2,3)4)12-7-5-6-8-15(12)18-16;1-11-14(17(2,3)4)10-9-13-12-7-5-6-8-15(12)18-16(11)13;1-11-9-10-13-12-7-5-6-8-14(12)18-16(13)15(11)17(2,3)4/h4-11H,1-3H3;2*4-13H,1-3H3;3*5-10H,1-4H3/i;;;3*1D3. The summed E-state index contributed by atoms with van der Waals surface area (Å²) in [7, 11) is 0. The van der Waals surface area contributed by atoms with E-state index in [0.717, 1.165) is 165 Å². The van der Waals surface area contributed by atoms with Crippen molar-refractivity contribution in [1.82, 2.24) is 0 Å². The van der Waals surface area contributed by atoms with Gasteiger partial charge in [0.1, 0.15) is 80.5 Å². The minimum absolute atomic E-state index is 0.00182. The average molecular weight is 1760 g/mol. The molecule has 0 atom stereocenters. The van der Waals surface area contributed by atoms with Crippen LogP contribution in [0, 0.1) is 20.6 Å². The van der Waals surface area contributed by atoms with Crippen molar-refractivity contribution in [3.8, 4) is 80.5 Å². The van der Waals surface area contributed by atoms with Gasteiger partial charge in [-0.15, -0.1) is 34.0 Å². The third-order valence-electron chi connectivity index (χ3n) is 25.8. The Morgan fingerprint density at radius 3 is 1.04 bits per heavy atom. The second-order valence-corrected chi connectivity index (χ2v) is 44.2. The molecule has 3 aromatic heterocycles. The number of hydrogen-bond donors (Lipinski definition) is 0. The largest absolute Gasteiger partial charge is 0.458 e. The highest BCUT2D eigenvalue weighted by molar-refractivity contribution is 7.26. The quantitative estimate of drug-likeness (QED) is 0.140. The summed E-state index contributed by atoms with van der Waals surface area (Å²) >= 11 is 4.94. The van der Waals surface area contributed by atoms with Crippen molar-refractivity contribution in [2.75, 3.05) is 0 Å². The van der Waals surface area contributed by atoms with E-state index in [1.165, 1.54) is 58.7 Å². The highest BCUT2D eigenvalue weighted by Gasteiger charge is 2.48. The number of ether oxygens (including phenoxy) is 7. The monoisotopic (exact) mass is 1760 g/mol. The van der Waals surface area contributed by atoms with Gasteiger partial charge in [-0.2, -0.15) is 0 Å². The first-order valence-electron chi connectivity index (χ1n) is 49.4. The van der Waals surface area contributed by atoms with E-state index in [2.05, 4.69) is 276 Å². The Labute approximate surface area is 791 Å². The van der Waals surface area contributed by atoms with Crippen LogP contribution in [-0.2, 0) is 32.5 Å². The molecule has 130 heavy (non-hydrogen) atoms. The van der Waals surface area contributed by atoms with E-state index >= 15 is 0 Å². The van der Waals surface area contributed by atoms with Gasteiger partial charge in [0.2, 0.25) is 0 Å². The van der Waals surface area contributed by atoms with Gasteiger partial charge < -0.3 is 33.2 Å². The highest BCUT2D eigenvalue weighted by atomic mass is 32.1. The molecule has 0 saturated carbocycles. The number of benzene rings is 15. The molecule has 15 aromatic carbocycles. The van der Waals surface area contributed by atoms with Gasteiger partial charge in [-0.05, 0) is 234 Å². The highest BCUT2D eigenvalue weighted by Crippen LogP contribution is 2.49. The first-order valence-corrected chi connectivity index (χ1v) is 47.4. The maximum atomic E-state index is 7.99. The maximum Gasteiger partial charge on any atom is 0.270 e. The van der Waals surface area contributed by atoms with Gasteiger partial charge in [0.15, 0.2) is 0 Å². The van der Waals surface area contributed by atoms with Crippen molar-refractivity contribution >= 4 is 164 Å². The number of thiophene rings is 3. The van der Waals surface area contributed by atoms with E-state index < -0.39 is 20.6 Å². The zero-order valence-corrected chi connectivity index (χ0v) is 79.3. The summed E-state index contributed by atoms with van der Waals surface area (Å²) < 4.78 is 122. The third kappa shape index (κ3) is 15.3. The number of hydrogen-bond acceptors (Lipinski definition) is 10. The Morgan fingerprint density at radius 1 is 0.231 bits per heavy atom. The predicted molar refractivity (Wildman–Crippen MR) is 557 cm³/mol. The molecule has 13 heteroatoms. The van der Waals surface area contributed by atoms with E-state index in [4.69, 9.17) is 45.5 Å². The lowest BCUT2D eigenvalue weighted by molar-refractivity contribution is 0.439. The fourth-order valence-corrected chi connectivity index (χ4v) is 23.1. The van der Waals surface area contributed by atoms with Gasteiger partial charge in [0.05, 0.1) is 0 Å². The van der Waals surface area contributed by atoms with Crippen LogP contribution < -0.4 is 82.3 Å². The van der Waals surface area contributed by atoms with Crippen LogP contribution in [0.5, 0.6) is 80.5 Å². The fraction of sp³-hybridized carbons (Fsp3) is 0.231. The van der Waals surface area contributed by atoms with Crippen LogP contribution in [-0.4, -0.2) is 20.1 Å². The smallest absolute Gasteiger partial charge is 0.270 e. The van der Waals surface area contributed by atoms with E-state index in [-0.39, 0.29) is 52.6 Å². The maximum absolute atomic E-state index is 7.99. The lowest BCUT2D eigenvalue weighted by atomic mass is 9.34. The predicted octanol–water partition coefficient (Wildman–Crippen LogP) is 28.2. The first-order chi connectivity index (χ1) is 65.6. The lowest BCUT2D eigenvalue weighted by Crippen LogP contribution is -2.59. The van der Waals surface area contributed by atoms with Crippen molar-refractivity contribution in [1.29, 1.82) is 0 Å². The van der Waals surface area contributed by atoms with Crippen LogP contribution in [0.25, 0.3) is 60.5 Å². The minimum atomic E-state index is -2.09. The topological polar surface area (TPSA) is 64.6 Å². The summed E-state index contributed by atoms with van der Waals surface area (Å²) in [6.07, 6.45) is 0. The van der Waals surface area contributed by atoms with Crippen molar-refractivity contribution in [3.05, 3.63) is 329 Å². The third-order valence-corrected chi connectivity index (χ3v) is 29.4. The SMILES string of the molecule is CC(C)(C)c1cc2c3c(c1)Oc1cccc4c1B3c1c(cccc1O2)O4.CC(C)(C)c1cc2c3c(c1)Oc1ccccc1B3c1ccccc1O2.CC(C)(C)c1ccc2c3c1Oc1ccccc1B3c1ccccc1O2.[2H]C([2H])([2H])c1c(C(C)(C)C)ccc2c1sc1ccccc12.[2H]C([2H])([2H])c1cc2sc3ccccc3c2cc1C(C)(C)C.[2H]C([2H])([2H])c1ccc2c(sc3ccccc32)c1C(C)(C)C. The van der Waals surface area contributed by atoms with Crippen molar-refractivity contribution in [2.45, 2.75) is 178 Å². The normalized spacial score (nSPS) is 14.8. The number of rotatable bonds is 0. The van der Waals surface area contributed by atoms with Gasteiger partial charge >= 0.3 is 0 Å². The van der Waals surface area contributed by atoms with Crippen LogP contribution in [0.4, 0.5) is 0 Å². The molecule has 0 spiro atoms. The molecule has 0 N–H and O–H groups in total. The van der Waals surface area contributed by atoms with Gasteiger partial charge in [-0.3, -0.25) is 0 Å². The molecule has 10 heterocycles. The minimum Gasteiger partial charge on any atom is -0.458 e. The molecule has 0 radical (unpaired) electrons. The van der Waals surface area contributed by atoms with Gasteiger partial charge in [-0.1, -0.05) is 294 Å². The zero-order chi connectivity index (χ0) is 98.2. The Bertz CT molecular complexity index is 7670. The molecule has 0 saturated heterocycles. The molecule has 0 aliphatic carbocycles. The Hall–Kier alpha value is -12.2. The summed E-state index contributed by atoms with van der Waals surface area (Å²) in [4.78, 5) is 0. The molecule has 0 bridgehead atoms. The van der Waals surface area contributed by atoms with Crippen LogP contribution in [0.15, 0.2) is 279 Å². The lowest BCUT2D eigenvalue weighted by Gasteiger charge is -2.38. The van der Waals surface area contributed by atoms with Crippen molar-refractivity contribution in [3.63, 3.8) is 0 Å². The van der Waals surface area contributed by atoms with Crippen LogP contribution in [0.2, 0.25) is 0 Å². The van der Waals surface area contributed by atoms with Crippen LogP contribution >= 0.6 is 34.0 Å². The summed E-state index contributed by atoms with van der Waals surface area (Å²) in [5.74, 6) is 12.7. The Morgan fingerprint density at radius 2 is 0.585 bits per heavy atom. The second kappa shape index (κ2) is 32.1. The zero-order valence-electron chi connectivity index (χ0n) is 85.9. The van der Waals surface area contributed by atoms with Crippen molar-refractivity contribution in [2.24, 2.45) is 0 Å². The molecule has 7 aliphatic heterocycles. The Kier molecular flexibility index (Phi) is 18.7. The van der Waals surface area contributed by atoms with Gasteiger partial charge in [-0.25, -0.2) is 0 Å². The molecule has 7 nitrogen and oxygen atoms in total. The molecule has 0 amide bonds. The summed E-state index contributed by atoms with van der Waals surface area (Å²) in [6, 6.07) is 94.7. The molecular formula is C117H109B3O7S3. The van der Waals surface area contributed by atoms with Crippen LogP contribution in [0.1, 0.15) is 187 Å². The molecule has 18 aromatic rings. The van der Waals surface area contributed by atoms with E-state index in [1.54, 1.807) is 40.1 Å². The summed E-state index contributed by atoms with van der Waals surface area (Å²) in [5, 5.41) is 6.93. The van der Waals surface area contributed by atoms with Gasteiger partial charge in [0, 0.05) is 100 Å². The molecule has 646 valence electrons.